The maximum atomic E-state index is 13.5. The van der Waals surface area contributed by atoms with Crippen molar-refractivity contribution in [2.45, 2.75) is 64.7 Å². The molecule has 0 spiro atoms. The number of aliphatic hydroxyl groups is 1. The first-order valence-corrected chi connectivity index (χ1v) is 13.2. The molecule has 1 aliphatic rings. The van der Waals surface area contributed by atoms with Crippen LogP contribution in [0.5, 0.6) is 0 Å². The summed E-state index contributed by atoms with van der Waals surface area (Å²) in [5, 5.41) is 22.6. The number of hydrogen-bond donors (Lipinski definition) is 3. The Morgan fingerprint density at radius 2 is 1.57 bits per heavy atom. The fourth-order valence-electron chi connectivity index (χ4n) is 4.24. The highest BCUT2D eigenvalue weighted by Gasteiger charge is 2.32. The zero-order valence-electron chi connectivity index (χ0n) is 23.6. The number of ether oxygens (including phenoxy) is 1. The van der Waals surface area contributed by atoms with E-state index in [1.165, 1.54) is 15.9 Å². The van der Waals surface area contributed by atoms with Crippen LogP contribution >= 0.6 is 0 Å². The molecule has 11 nitrogen and oxygen atoms in total. The lowest BCUT2D eigenvalue weighted by Crippen LogP contribution is -2.55. The third-order valence-electron chi connectivity index (χ3n) is 6.36. The van der Waals surface area contributed by atoms with Crippen molar-refractivity contribution >= 4 is 23.9 Å². The van der Waals surface area contributed by atoms with Gasteiger partial charge in [0.1, 0.15) is 17.3 Å². The van der Waals surface area contributed by atoms with Crippen LogP contribution in [0.15, 0.2) is 42.5 Å². The van der Waals surface area contributed by atoms with Gasteiger partial charge in [-0.3, -0.25) is 14.4 Å². The fourth-order valence-corrected chi connectivity index (χ4v) is 4.24. The zero-order chi connectivity index (χ0) is 29.7. The number of nitrogens with zero attached hydrogens (tertiary/aromatic N) is 3. The second kappa shape index (κ2) is 12.5. The van der Waals surface area contributed by atoms with Gasteiger partial charge in [0.2, 0.25) is 5.91 Å². The van der Waals surface area contributed by atoms with Crippen LogP contribution in [0.25, 0.3) is 11.3 Å². The number of aromatic nitrogens is 1. The first-order chi connectivity index (χ1) is 18.6. The number of rotatable bonds is 8. The minimum Gasteiger partial charge on any atom is -0.465 e. The summed E-state index contributed by atoms with van der Waals surface area (Å²) in [5.41, 5.74) is -0.278. The summed E-state index contributed by atoms with van der Waals surface area (Å²) in [6.45, 7) is 9.02. The van der Waals surface area contributed by atoms with Crippen molar-refractivity contribution in [1.29, 1.82) is 0 Å². The Hall–Kier alpha value is -3.99. The number of hydrogen-bond acceptors (Lipinski definition) is 7. The fraction of sp³-hybridized carbons (Fsp3) is 0.483. The molecule has 3 N–H and O–H groups in total. The molecule has 0 bridgehead atoms. The van der Waals surface area contributed by atoms with Gasteiger partial charge in [-0.25, -0.2) is 9.78 Å². The maximum Gasteiger partial charge on any atom is 0.407 e. The van der Waals surface area contributed by atoms with Crippen LogP contribution in [0.4, 0.5) is 4.79 Å². The van der Waals surface area contributed by atoms with E-state index in [4.69, 9.17) is 4.74 Å². The zero-order valence-corrected chi connectivity index (χ0v) is 23.6. The highest BCUT2D eigenvalue weighted by atomic mass is 16.6. The number of benzene rings is 1. The number of carboxylic acid groups (broad SMARTS) is 1. The first kappa shape index (κ1) is 30.6. The molecular formula is C29H38N4O7. The number of carbonyl (C=O) groups excluding carboxylic acids is 3. The molecule has 0 unspecified atom stereocenters. The summed E-state index contributed by atoms with van der Waals surface area (Å²) >= 11 is 0. The molecule has 3 amide bonds. The van der Waals surface area contributed by atoms with E-state index in [1.54, 1.807) is 40.7 Å². The van der Waals surface area contributed by atoms with Gasteiger partial charge in [-0.2, -0.15) is 0 Å². The Morgan fingerprint density at radius 1 is 0.975 bits per heavy atom. The van der Waals surface area contributed by atoms with E-state index in [1.807, 2.05) is 30.3 Å². The third kappa shape index (κ3) is 8.51. The van der Waals surface area contributed by atoms with Crippen LogP contribution in [0.2, 0.25) is 0 Å². The lowest BCUT2D eigenvalue weighted by Gasteiger charge is -2.35. The number of carbonyl (C=O) groups is 4. The molecule has 40 heavy (non-hydrogen) atoms. The smallest absolute Gasteiger partial charge is 0.407 e. The van der Waals surface area contributed by atoms with E-state index < -0.39 is 41.1 Å². The minimum absolute atomic E-state index is 0.00393. The summed E-state index contributed by atoms with van der Waals surface area (Å²) in [6.07, 6.45) is -1.20. The first-order valence-electron chi connectivity index (χ1n) is 13.2. The molecule has 2 aromatic rings. The highest BCUT2D eigenvalue weighted by molar-refractivity contribution is 5.97. The lowest BCUT2D eigenvalue weighted by atomic mass is 9.96. The Labute approximate surface area is 234 Å². The molecule has 2 heterocycles. The SMILES string of the molecule is CC(C)(C)OC(=O)CC[C@H](NC(=O)c1cc(C(C)(C)O)cc(-c2ccccc2)n1)C(=O)N1CCN(C(=O)O)CC1. The molecule has 1 aliphatic heterocycles. The third-order valence-corrected chi connectivity index (χ3v) is 6.36. The Kier molecular flexibility index (Phi) is 9.52. The average molecular weight is 555 g/mol. The quantitative estimate of drug-likeness (QED) is 0.422. The molecule has 1 aromatic heterocycles. The van der Waals surface area contributed by atoms with Gasteiger partial charge in [0, 0.05) is 38.2 Å². The van der Waals surface area contributed by atoms with Gasteiger partial charge in [-0.05, 0) is 58.7 Å². The summed E-state index contributed by atoms with van der Waals surface area (Å²) in [7, 11) is 0. The normalized spacial score (nSPS) is 14.8. The molecule has 3 rings (SSSR count). The van der Waals surface area contributed by atoms with Crippen molar-refractivity contribution in [2.75, 3.05) is 26.2 Å². The van der Waals surface area contributed by atoms with Crippen LogP contribution in [-0.2, 0) is 19.9 Å². The second-order valence-electron chi connectivity index (χ2n) is 11.3. The van der Waals surface area contributed by atoms with E-state index in [0.29, 0.717) is 11.3 Å². The molecule has 0 aliphatic carbocycles. The van der Waals surface area contributed by atoms with Crippen molar-refractivity contribution < 1.29 is 34.1 Å². The van der Waals surface area contributed by atoms with E-state index in [0.717, 1.165) is 5.56 Å². The van der Waals surface area contributed by atoms with Crippen molar-refractivity contribution in [2.24, 2.45) is 0 Å². The van der Waals surface area contributed by atoms with E-state index in [2.05, 4.69) is 10.3 Å². The topological polar surface area (TPSA) is 149 Å². The van der Waals surface area contributed by atoms with E-state index in [9.17, 15) is 29.4 Å². The maximum absolute atomic E-state index is 13.5. The summed E-state index contributed by atoms with van der Waals surface area (Å²) in [4.78, 5) is 57.9. The molecule has 11 heteroatoms. The van der Waals surface area contributed by atoms with Gasteiger partial charge in [0.05, 0.1) is 11.3 Å². The molecule has 1 aromatic carbocycles. The minimum atomic E-state index is -1.27. The Bertz CT molecular complexity index is 1230. The van der Waals surface area contributed by atoms with Crippen molar-refractivity contribution in [3.05, 3.63) is 53.7 Å². The van der Waals surface area contributed by atoms with Gasteiger partial charge in [-0.15, -0.1) is 0 Å². The summed E-state index contributed by atoms with van der Waals surface area (Å²) in [5.74, 6) is -1.58. The van der Waals surface area contributed by atoms with E-state index >= 15 is 0 Å². The number of nitrogens with one attached hydrogen (secondary N) is 1. The predicted molar refractivity (Wildman–Crippen MR) is 147 cm³/mol. The molecule has 1 fully saturated rings. The van der Waals surface area contributed by atoms with Crippen LogP contribution in [0.1, 0.15) is 63.5 Å². The predicted octanol–water partition coefficient (Wildman–Crippen LogP) is 3.02. The Balaban J connectivity index is 1.87. The molecule has 0 radical (unpaired) electrons. The van der Waals surface area contributed by atoms with E-state index in [-0.39, 0.29) is 44.7 Å². The molecule has 1 saturated heterocycles. The molecule has 1 atom stereocenters. The van der Waals surface area contributed by atoms with Gasteiger partial charge in [0.15, 0.2) is 0 Å². The van der Waals surface area contributed by atoms with Crippen molar-refractivity contribution in [1.82, 2.24) is 20.1 Å². The van der Waals surface area contributed by atoms with Crippen LogP contribution in [-0.4, -0.2) is 86.7 Å². The number of amides is 3. The largest absolute Gasteiger partial charge is 0.465 e. The van der Waals surface area contributed by atoms with Gasteiger partial charge in [0.25, 0.3) is 5.91 Å². The number of esters is 1. The Morgan fingerprint density at radius 3 is 2.12 bits per heavy atom. The van der Waals surface area contributed by atoms with Gasteiger partial charge < -0.3 is 30.1 Å². The van der Waals surface area contributed by atoms with Crippen LogP contribution < -0.4 is 5.32 Å². The van der Waals surface area contributed by atoms with Gasteiger partial charge >= 0.3 is 12.1 Å². The number of pyridine rings is 1. The van der Waals surface area contributed by atoms with Crippen molar-refractivity contribution in [3.8, 4) is 11.3 Å². The molecule has 216 valence electrons. The number of piperazine rings is 1. The molecular weight excluding hydrogens is 516 g/mol. The van der Waals surface area contributed by atoms with Crippen molar-refractivity contribution in [3.63, 3.8) is 0 Å². The van der Waals surface area contributed by atoms with Gasteiger partial charge in [-0.1, -0.05) is 30.3 Å². The van der Waals surface area contributed by atoms with Crippen LogP contribution in [0, 0.1) is 0 Å². The average Bonchev–Trinajstić information content (AvgIpc) is 2.89. The van der Waals surface area contributed by atoms with Crippen LogP contribution in [0.3, 0.4) is 0 Å². The second-order valence-corrected chi connectivity index (χ2v) is 11.3. The monoisotopic (exact) mass is 554 g/mol. The lowest BCUT2D eigenvalue weighted by molar-refractivity contribution is -0.155. The highest BCUT2D eigenvalue weighted by Crippen LogP contribution is 2.26. The summed E-state index contributed by atoms with van der Waals surface area (Å²) < 4.78 is 5.37. The summed E-state index contributed by atoms with van der Waals surface area (Å²) in [6, 6.07) is 11.3. The molecule has 0 saturated carbocycles. The standard InChI is InChI=1S/C29H38N4O7/c1-28(2,3)40-24(34)12-11-21(26(36)32-13-15-33(16-14-32)27(37)38)31-25(35)23-18-20(29(4,5)39)17-22(30-23)19-9-7-6-8-10-19/h6-10,17-18,21,39H,11-16H2,1-5H3,(H,31,35)(H,37,38)/t21-/m0/s1.